The van der Waals surface area contributed by atoms with E-state index in [-0.39, 0.29) is 31.5 Å². The number of nitrogens with one attached hydrogen (secondary N) is 1. The van der Waals surface area contributed by atoms with Crippen LogP contribution < -0.4 is 10.2 Å². The summed E-state index contributed by atoms with van der Waals surface area (Å²) in [6, 6.07) is -0.880. The molecule has 0 saturated heterocycles. The van der Waals surface area contributed by atoms with E-state index in [1.54, 1.807) is 0 Å². The topological polar surface area (TPSA) is 114 Å². The zero-order chi connectivity index (χ0) is 58.6. The summed E-state index contributed by atoms with van der Waals surface area (Å²) in [6.45, 7) is 6.92. The third kappa shape index (κ3) is 61.3. The summed E-state index contributed by atoms with van der Waals surface area (Å²) in [5.41, 5.74) is 0. The molecule has 80 heavy (non-hydrogen) atoms. The molecule has 3 unspecified atom stereocenters. The molecule has 0 spiro atoms. The Balaban J connectivity index is 4.99. The third-order valence-corrected chi connectivity index (χ3v) is 17.4. The molecule has 3 atom stereocenters. The lowest BCUT2D eigenvalue weighted by Gasteiger charge is -2.30. The lowest BCUT2D eigenvalue weighted by atomic mass is 10.0. The van der Waals surface area contributed by atoms with Gasteiger partial charge in [0.1, 0.15) is 19.3 Å². The van der Waals surface area contributed by atoms with E-state index in [1.165, 1.54) is 283 Å². The third-order valence-electron chi connectivity index (χ3n) is 16.5. The van der Waals surface area contributed by atoms with Crippen LogP contribution in [0.5, 0.6) is 0 Å². The lowest BCUT2D eigenvalue weighted by molar-refractivity contribution is -0.870. The van der Waals surface area contributed by atoms with Crippen molar-refractivity contribution in [1.82, 2.24) is 5.32 Å². The molecule has 476 valence electrons. The van der Waals surface area contributed by atoms with Gasteiger partial charge in [0.25, 0.3) is 7.82 Å². The summed E-state index contributed by atoms with van der Waals surface area (Å²) in [5, 5.41) is 3.05. The molecule has 0 bridgehead atoms. The Hall–Kier alpha value is -1.25. The molecule has 0 rings (SSSR count). The van der Waals surface area contributed by atoms with Crippen LogP contribution in [0.3, 0.4) is 0 Å². The predicted molar refractivity (Wildman–Crippen MR) is 344 cm³/mol. The Morgan fingerprint density at radius 2 is 0.713 bits per heavy atom. The van der Waals surface area contributed by atoms with E-state index in [9.17, 15) is 19.0 Å². The van der Waals surface area contributed by atoms with Gasteiger partial charge in [-0.15, -0.1) is 0 Å². The van der Waals surface area contributed by atoms with Gasteiger partial charge in [-0.25, -0.2) is 0 Å². The second-order valence-electron chi connectivity index (χ2n) is 25.8. The van der Waals surface area contributed by atoms with Gasteiger partial charge in [-0.3, -0.25) is 14.2 Å². The van der Waals surface area contributed by atoms with Crippen LogP contribution in [0.15, 0.2) is 12.2 Å². The van der Waals surface area contributed by atoms with Crippen LogP contribution in [0.2, 0.25) is 0 Å². The second kappa shape index (κ2) is 60.9. The standard InChI is InChI=1S/C70H139N2O7P/c1-7-10-13-16-19-22-25-28-30-32-33-34-35-36-37-38-39-41-42-44-47-50-53-56-59-62-69(73)71-67(66-78-80(75,76)77-65-64-72(4,5)6)68(61-58-55-52-49-46-27-24-21-18-15-12-9-3)79-70(74)63-60-57-54-51-48-45-43-40-31-29-26-23-20-17-14-11-8-2/h58,61,67-68H,7-57,59-60,62-66H2,1-6H3,(H-,71,73,75,76)/b61-58-. The Morgan fingerprint density at radius 1 is 0.425 bits per heavy atom. The van der Waals surface area contributed by atoms with Gasteiger partial charge in [0, 0.05) is 12.8 Å². The fourth-order valence-corrected chi connectivity index (χ4v) is 11.7. The molecule has 0 aliphatic heterocycles. The van der Waals surface area contributed by atoms with Crippen LogP contribution in [-0.4, -0.2) is 69.4 Å². The first kappa shape index (κ1) is 78.8. The molecule has 0 radical (unpaired) electrons. The van der Waals surface area contributed by atoms with E-state index in [1.807, 2.05) is 33.3 Å². The summed E-state index contributed by atoms with van der Waals surface area (Å²) in [7, 11) is 1.21. The van der Waals surface area contributed by atoms with Crippen LogP contribution in [0.4, 0.5) is 0 Å². The number of phosphoric acid groups is 1. The highest BCUT2D eigenvalue weighted by atomic mass is 31.2. The first-order valence-electron chi connectivity index (χ1n) is 35.5. The van der Waals surface area contributed by atoms with Gasteiger partial charge >= 0.3 is 5.97 Å². The molecule has 0 aromatic heterocycles. The maximum absolute atomic E-state index is 13.6. The van der Waals surface area contributed by atoms with Crippen molar-refractivity contribution < 1.29 is 37.3 Å². The number of unbranched alkanes of at least 4 members (excludes halogenated alkanes) is 50. The van der Waals surface area contributed by atoms with Crippen molar-refractivity contribution in [1.29, 1.82) is 0 Å². The summed E-state index contributed by atoms with van der Waals surface area (Å²) in [4.78, 5) is 40.1. The fraction of sp³-hybridized carbons (Fsp3) is 0.943. The van der Waals surface area contributed by atoms with Crippen molar-refractivity contribution in [3.05, 3.63) is 12.2 Å². The Labute approximate surface area is 499 Å². The number of carbonyl (C=O) groups excluding carboxylic acids is 2. The quantitative estimate of drug-likeness (QED) is 0.0212. The number of carbonyl (C=O) groups is 2. The minimum Gasteiger partial charge on any atom is -0.756 e. The highest BCUT2D eigenvalue weighted by Gasteiger charge is 2.27. The molecule has 0 aromatic carbocycles. The minimum atomic E-state index is -4.69. The first-order valence-corrected chi connectivity index (χ1v) is 37.0. The molecule has 0 heterocycles. The van der Waals surface area contributed by atoms with Crippen molar-refractivity contribution in [3.8, 4) is 0 Å². The highest BCUT2D eigenvalue weighted by molar-refractivity contribution is 7.45. The molecule has 0 fully saturated rings. The molecule has 10 heteroatoms. The van der Waals surface area contributed by atoms with E-state index in [2.05, 4.69) is 26.1 Å². The van der Waals surface area contributed by atoms with Crippen LogP contribution in [0.25, 0.3) is 0 Å². The molecule has 0 aliphatic rings. The molecular weight excluding hydrogens is 1010 g/mol. The fourth-order valence-electron chi connectivity index (χ4n) is 11.0. The largest absolute Gasteiger partial charge is 0.756 e. The van der Waals surface area contributed by atoms with Gasteiger partial charge in [-0.2, -0.15) is 0 Å². The van der Waals surface area contributed by atoms with Gasteiger partial charge < -0.3 is 28.5 Å². The maximum Gasteiger partial charge on any atom is 0.306 e. The summed E-state index contributed by atoms with van der Waals surface area (Å²) in [5.74, 6) is -0.514. The van der Waals surface area contributed by atoms with Gasteiger partial charge in [0.2, 0.25) is 5.91 Å². The van der Waals surface area contributed by atoms with Crippen molar-refractivity contribution >= 4 is 19.7 Å². The summed E-state index contributed by atoms with van der Waals surface area (Å²) >= 11 is 0. The zero-order valence-corrected chi connectivity index (χ0v) is 55.5. The average Bonchev–Trinajstić information content (AvgIpc) is 3.42. The van der Waals surface area contributed by atoms with Gasteiger partial charge in [0.15, 0.2) is 0 Å². The second-order valence-corrected chi connectivity index (χ2v) is 27.2. The number of nitrogens with zero attached hydrogens (tertiary/aromatic N) is 1. The van der Waals surface area contributed by atoms with Crippen molar-refractivity contribution in [2.24, 2.45) is 0 Å². The van der Waals surface area contributed by atoms with Crippen molar-refractivity contribution in [2.75, 3.05) is 40.9 Å². The first-order chi connectivity index (χ1) is 38.9. The highest BCUT2D eigenvalue weighted by Crippen LogP contribution is 2.38. The van der Waals surface area contributed by atoms with E-state index in [0.29, 0.717) is 17.4 Å². The van der Waals surface area contributed by atoms with Crippen LogP contribution in [0.1, 0.15) is 374 Å². The smallest absolute Gasteiger partial charge is 0.306 e. The van der Waals surface area contributed by atoms with Gasteiger partial charge in [0.05, 0.1) is 33.8 Å². The minimum absolute atomic E-state index is 0.0164. The summed E-state index contributed by atoms with van der Waals surface area (Å²) in [6.07, 6.45) is 71.9. The number of amides is 1. The monoisotopic (exact) mass is 1150 g/mol. The van der Waals surface area contributed by atoms with Crippen molar-refractivity contribution in [2.45, 2.75) is 386 Å². The van der Waals surface area contributed by atoms with E-state index in [0.717, 1.165) is 57.8 Å². The number of quaternary nitrogens is 1. The number of hydrogen-bond donors (Lipinski definition) is 1. The van der Waals surface area contributed by atoms with Crippen LogP contribution >= 0.6 is 7.82 Å². The molecule has 0 saturated carbocycles. The normalized spacial score (nSPS) is 13.5. The maximum atomic E-state index is 13.6. The average molecular weight is 1150 g/mol. The van der Waals surface area contributed by atoms with E-state index >= 15 is 0 Å². The van der Waals surface area contributed by atoms with E-state index in [4.69, 9.17) is 13.8 Å². The van der Waals surface area contributed by atoms with Gasteiger partial charge in [-0.1, -0.05) is 341 Å². The Morgan fingerprint density at radius 3 is 1.02 bits per heavy atom. The number of esters is 1. The van der Waals surface area contributed by atoms with Crippen LogP contribution in [0, 0.1) is 0 Å². The summed E-state index contributed by atoms with van der Waals surface area (Å²) < 4.78 is 30.4. The number of phosphoric ester groups is 1. The van der Waals surface area contributed by atoms with Crippen molar-refractivity contribution in [3.63, 3.8) is 0 Å². The Bertz CT molecular complexity index is 1370. The zero-order valence-electron chi connectivity index (χ0n) is 54.6. The molecule has 0 aliphatic carbocycles. The molecule has 1 amide bonds. The van der Waals surface area contributed by atoms with Gasteiger partial charge in [-0.05, 0) is 31.8 Å². The number of ether oxygens (including phenoxy) is 1. The van der Waals surface area contributed by atoms with E-state index < -0.39 is 20.0 Å². The Kier molecular flexibility index (Phi) is 59.9. The van der Waals surface area contributed by atoms with Crippen LogP contribution in [-0.2, 0) is 27.9 Å². The lowest BCUT2D eigenvalue weighted by Crippen LogP contribution is -2.47. The predicted octanol–water partition coefficient (Wildman–Crippen LogP) is 21.7. The number of allylic oxidation sites excluding steroid dienone is 1. The molecule has 1 N–H and O–H groups in total. The SMILES string of the molecule is CCCCCCCCCCCC/C=C\C(OC(=O)CCCCCCCCCCCCCCCCCCC)C(COP(=O)([O-])OCC[N+](C)(C)C)NC(=O)CCCCCCCCCCCCCCCCCCCCCCCCCCC. The molecule has 9 nitrogen and oxygen atoms in total. The number of hydrogen-bond acceptors (Lipinski definition) is 7. The number of likely N-dealkylation sites (N-methyl/N-ethyl adjacent to an activating group) is 1. The molecular formula is C70H139N2O7P. The number of rotatable bonds is 66. The molecule has 0 aromatic rings.